The van der Waals surface area contributed by atoms with Crippen LogP contribution < -0.4 is 5.32 Å². The molecule has 0 unspecified atom stereocenters. The van der Waals surface area contributed by atoms with Crippen LogP contribution in [0.4, 0.5) is 0 Å². The van der Waals surface area contributed by atoms with Crippen molar-refractivity contribution in [3.05, 3.63) is 52.7 Å². The lowest BCUT2D eigenvalue weighted by molar-refractivity contribution is 0.0945. The fourth-order valence-electron chi connectivity index (χ4n) is 2.26. The summed E-state index contributed by atoms with van der Waals surface area (Å²) in [5.41, 5.74) is 3.40. The molecule has 1 aromatic carbocycles. The van der Waals surface area contributed by atoms with Gasteiger partial charge < -0.3 is 5.32 Å². The van der Waals surface area contributed by atoms with Crippen LogP contribution in [0.3, 0.4) is 0 Å². The van der Waals surface area contributed by atoms with Gasteiger partial charge >= 0.3 is 0 Å². The minimum Gasteiger partial charge on any atom is -0.350 e. The molecular weight excluding hydrogens is 280 g/mol. The van der Waals surface area contributed by atoms with Gasteiger partial charge in [0.2, 0.25) is 0 Å². The summed E-state index contributed by atoms with van der Waals surface area (Å²) in [5, 5.41) is 7.90. The number of thiophene rings is 1. The molecule has 21 heavy (non-hydrogen) atoms. The quantitative estimate of drug-likeness (QED) is 0.790. The van der Waals surface area contributed by atoms with E-state index in [2.05, 4.69) is 10.3 Å². The van der Waals surface area contributed by atoms with Crippen LogP contribution in [-0.2, 0) is 0 Å². The molecule has 3 rings (SSSR count). The van der Waals surface area contributed by atoms with Gasteiger partial charge in [-0.2, -0.15) is 11.3 Å². The Hall–Kier alpha value is -2.20. The van der Waals surface area contributed by atoms with E-state index in [-0.39, 0.29) is 11.9 Å². The highest BCUT2D eigenvalue weighted by molar-refractivity contribution is 7.08. The largest absolute Gasteiger partial charge is 0.350 e. The number of amides is 1. The molecule has 0 atom stereocenters. The average molecular weight is 296 g/mol. The zero-order valence-electron chi connectivity index (χ0n) is 12.0. The van der Waals surface area contributed by atoms with Crippen molar-refractivity contribution in [1.29, 1.82) is 0 Å². The molecular formula is C17H16N2OS. The average Bonchev–Trinajstić information content (AvgIpc) is 2.99. The molecule has 3 nitrogen and oxygen atoms in total. The molecule has 0 fully saturated rings. The van der Waals surface area contributed by atoms with Gasteiger partial charge in [0.05, 0.1) is 16.8 Å². The number of para-hydroxylation sites is 1. The van der Waals surface area contributed by atoms with E-state index in [9.17, 15) is 4.79 Å². The lowest BCUT2D eigenvalue weighted by Gasteiger charge is -2.12. The summed E-state index contributed by atoms with van der Waals surface area (Å²) < 4.78 is 0. The maximum Gasteiger partial charge on any atom is 0.252 e. The predicted molar refractivity (Wildman–Crippen MR) is 87.7 cm³/mol. The van der Waals surface area contributed by atoms with Gasteiger partial charge in [-0.25, -0.2) is 4.98 Å². The minimum atomic E-state index is -0.0555. The molecule has 1 N–H and O–H groups in total. The Kier molecular flexibility index (Phi) is 3.71. The second kappa shape index (κ2) is 5.66. The van der Waals surface area contributed by atoms with Crippen molar-refractivity contribution in [2.24, 2.45) is 0 Å². The molecule has 0 saturated carbocycles. The van der Waals surface area contributed by atoms with Gasteiger partial charge in [-0.15, -0.1) is 0 Å². The van der Waals surface area contributed by atoms with Gasteiger partial charge in [-0.1, -0.05) is 18.2 Å². The molecule has 3 aromatic rings. The maximum absolute atomic E-state index is 12.5. The smallest absolute Gasteiger partial charge is 0.252 e. The van der Waals surface area contributed by atoms with E-state index >= 15 is 0 Å². The van der Waals surface area contributed by atoms with Crippen molar-refractivity contribution in [1.82, 2.24) is 10.3 Å². The lowest BCUT2D eigenvalue weighted by atomic mass is 10.0. The normalized spacial score (nSPS) is 11.0. The van der Waals surface area contributed by atoms with Crippen molar-refractivity contribution < 1.29 is 4.79 Å². The Morgan fingerprint density at radius 2 is 2.05 bits per heavy atom. The molecule has 0 spiro atoms. The monoisotopic (exact) mass is 296 g/mol. The van der Waals surface area contributed by atoms with Gasteiger partial charge in [0.15, 0.2) is 0 Å². The zero-order valence-corrected chi connectivity index (χ0v) is 12.8. The lowest BCUT2D eigenvalue weighted by Crippen LogP contribution is -2.30. The molecule has 4 heteroatoms. The molecule has 2 aromatic heterocycles. The summed E-state index contributed by atoms with van der Waals surface area (Å²) in [4.78, 5) is 17.1. The molecule has 0 bridgehead atoms. The fourth-order valence-corrected chi connectivity index (χ4v) is 2.91. The number of carbonyl (C=O) groups is 1. The number of fused-ring (bicyclic) bond motifs is 1. The third kappa shape index (κ3) is 2.81. The molecule has 0 aliphatic heterocycles. The number of rotatable bonds is 3. The second-order valence-corrected chi connectivity index (χ2v) is 5.99. The van der Waals surface area contributed by atoms with Crippen LogP contribution in [-0.4, -0.2) is 16.9 Å². The van der Waals surface area contributed by atoms with E-state index in [1.807, 2.05) is 61.0 Å². The van der Waals surface area contributed by atoms with E-state index in [1.54, 1.807) is 11.3 Å². The first-order valence-electron chi connectivity index (χ1n) is 6.88. The SMILES string of the molecule is CC(C)NC(=O)c1cc(-c2ccsc2)nc2ccccc12. The number of carbonyl (C=O) groups excluding carboxylic acids is 1. The van der Waals surface area contributed by atoms with Crippen LogP contribution >= 0.6 is 11.3 Å². The highest BCUT2D eigenvalue weighted by atomic mass is 32.1. The van der Waals surface area contributed by atoms with Crippen molar-refractivity contribution in [3.63, 3.8) is 0 Å². The standard InChI is InChI=1S/C17H16N2OS/c1-11(2)18-17(20)14-9-16(12-7-8-21-10-12)19-15-6-4-3-5-13(14)15/h3-11H,1-2H3,(H,18,20). The molecule has 0 aliphatic carbocycles. The maximum atomic E-state index is 12.5. The van der Waals surface area contributed by atoms with E-state index < -0.39 is 0 Å². The predicted octanol–water partition coefficient (Wildman–Crippen LogP) is 4.10. The third-order valence-corrected chi connectivity index (χ3v) is 3.88. The second-order valence-electron chi connectivity index (χ2n) is 5.21. The first-order valence-corrected chi connectivity index (χ1v) is 7.82. The third-order valence-electron chi connectivity index (χ3n) is 3.20. The number of nitrogens with one attached hydrogen (secondary N) is 1. The van der Waals surface area contributed by atoms with Crippen LogP contribution in [0.25, 0.3) is 22.2 Å². The van der Waals surface area contributed by atoms with E-state index in [4.69, 9.17) is 0 Å². The van der Waals surface area contributed by atoms with Crippen molar-refractivity contribution >= 4 is 28.1 Å². The van der Waals surface area contributed by atoms with Gasteiger partial charge in [0.1, 0.15) is 0 Å². The van der Waals surface area contributed by atoms with Crippen LogP contribution in [0, 0.1) is 0 Å². The molecule has 0 radical (unpaired) electrons. The summed E-state index contributed by atoms with van der Waals surface area (Å²) in [6.45, 7) is 3.92. The topological polar surface area (TPSA) is 42.0 Å². The Bertz CT molecular complexity index is 779. The van der Waals surface area contributed by atoms with E-state index in [0.29, 0.717) is 5.56 Å². The number of benzene rings is 1. The first-order chi connectivity index (χ1) is 10.1. The minimum absolute atomic E-state index is 0.0555. The summed E-state index contributed by atoms with van der Waals surface area (Å²) in [5.74, 6) is -0.0555. The summed E-state index contributed by atoms with van der Waals surface area (Å²) in [6.07, 6.45) is 0. The number of nitrogens with zero attached hydrogens (tertiary/aromatic N) is 1. The van der Waals surface area contributed by atoms with E-state index in [1.165, 1.54) is 0 Å². The first kappa shape index (κ1) is 13.8. The number of pyridine rings is 1. The van der Waals surface area contributed by atoms with Crippen LogP contribution in [0.15, 0.2) is 47.2 Å². The Morgan fingerprint density at radius 3 is 2.76 bits per heavy atom. The Balaban J connectivity index is 2.18. The van der Waals surface area contributed by atoms with Crippen molar-refractivity contribution in [2.45, 2.75) is 19.9 Å². The molecule has 2 heterocycles. The van der Waals surface area contributed by atoms with Gasteiger partial charge in [0.25, 0.3) is 5.91 Å². The van der Waals surface area contributed by atoms with Gasteiger partial charge in [-0.05, 0) is 37.4 Å². The Labute approximate surface area is 127 Å². The van der Waals surface area contributed by atoms with Crippen LogP contribution in [0.2, 0.25) is 0 Å². The summed E-state index contributed by atoms with van der Waals surface area (Å²) in [7, 11) is 0. The van der Waals surface area contributed by atoms with Crippen molar-refractivity contribution in [2.75, 3.05) is 0 Å². The molecule has 0 aliphatic rings. The zero-order chi connectivity index (χ0) is 14.8. The highest BCUT2D eigenvalue weighted by Gasteiger charge is 2.14. The molecule has 1 amide bonds. The number of hydrogen-bond donors (Lipinski definition) is 1. The number of hydrogen-bond acceptors (Lipinski definition) is 3. The number of aromatic nitrogens is 1. The molecule has 0 saturated heterocycles. The van der Waals surface area contributed by atoms with Crippen LogP contribution in [0.5, 0.6) is 0 Å². The van der Waals surface area contributed by atoms with Crippen molar-refractivity contribution in [3.8, 4) is 11.3 Å². The summed E-state index contributed by atoms with van der Waals surface area (Å²) >= 11 is 1.62. The molecule has 106 valence electrons. The Morgan fingerprint density at radius 1 is 1.24 bits per heavy atom. The summed E-state index contributed by atoms with van der Waals surface area (Å²) in [6, 6.07) is 11.8. The highest BCUT2D eigenvalue weighted by Crippen LogP contribution is 2.26. The van der Waals surface area contributed by atoms with E-state index in [0.717, 1.165) is 22.2 Å². The van der Waals surface area contributed by atoms with Gasteiger partial charge in [0, 0.05) is 22.4 Å². The fraction of sp³-hybridized carbons (Fsp3) is 0.176. The van der Waals surface area contributed by atoms with Crippen LogP contribution in [0.1, 0.15) is 24.2 Å². The van der Waals surface area contributed by atoms with Gasteiger partial charge in [-0.3, -0.25) is 4.79 Å².